The van der Waals surface area contributed by atoms with Gasteiger partial charge in [-0.2, -0.15) is 6.07 Å². The second kappa shape index (κ2) is 14.7. The summed E-state index contributed by atoms with van der Waals surface area (Å²) in [6.07, 6.45) is 1.96. The van der Waals surface area contributed by atoms with E-state index < -0.39 is 0 Å². The summed E-state index contributed by atoms with van der Waals surface area (Å²) in [6.45, 7) is 19.1. The van der Waals surface area contributed by atoms with Gasteiger partial charge in [0.05, 0.1) is 12.1 Å². The van der Waals surface area contributed by atoms with E-state index in [-0.39, 0.29) is 49.9 Å². The Hall–Kier alpha value is -5.77. The van der Waals surface area contributed by atoms with Crippen LogP contribution in [0.25, 0.3) is 27.6 Å². The van der Waals surface area contributed by atoms with Crippen LogP contribution in [-0.2, 0) is 38.4 Å². The Morgan fingerprint density at radius 2 is 1.53 bits per heavy atom. The SMILES string of the molecule is Cc1ccc2c(c1)c1cc3c([c-]c1n2-c1cc(C(C)(C)C)ccn1)N(c1[c-]c(C2=N[C@H](c4ccccc4)[C@@H]4c5ccccc5CN24)cc(C(C)C)c1)c1ccccc1C3(C)C.[Pt+2]. The van der Waals surface area contributed by atoms with Crippen LogP contribution in [-0.4, -0.2) is 20.3 Å². The van der Waals surface area contributed by atoms with Crippen LogP contribution in [0.1, 0.15) is 117 Å². The van der Waals surface area contributed by atoms with Gasteiger partial charge in [0.1, 0.15) is 5.82 Å². The van der Waals surface area contributed by atoms with Crippen LogP contribution in [0.4, 0.5) is 17.1 Å². The van der Waals surface area contributed by atoms with Crippen LogP contribution in [0.5, 0.6) is 0 Å². The third-order valence-electron chi connectivity index (χ3n) is 13.5. The molecular weight excluding hydrogens is 938 g/mol. The molecule has 6 aromatic carbocycles. The molecule has 62 heavy (non-hydrogen) atoms. The van der Waals surface area contributed by atoms with E-state index in [4.69, 9.17) is 9.98 Å². The van der Waals surface area contributed by atoms with Crippen LogP contribution in [0.15, 0.2) is 139 Å². The standard InChI is InChI=1S/C56H51N5.Pt/c1-34(2)38-27-39(54-58-52(36-16-10-9-11-17-36)53-42-19-13-12-18-37(42)33-59(53)54)29-41(28-38)60-48-21-15-14-20-45(48)56(7,8)46-31-44-43-26-35(3)22-23-47(43)61(49(44)32-50(46)60)51-30-40(24-25-57-51)55(4,5)6;/h9-28,30-31,34,52-53H,33H2,1-8H3;/q-2;+2/t52-,53+;/m1./s1. The summed E-state index contributed by atoms with van der Waals surface area (Å²) >= 11 is 0. The van der Waals surface area contributed by atoms with E-state index in [0.717, 1.165) is 51.9 Å². The third kappa shape index (κ3) is 6.22. The number of pyridine rings is 1. The Morgan fingerprint density at radius 3 is 2.32 bits per heavy atom. The number of hydrogen-bond acceptors (Lipinski definition) is 4. The smallest absolute Gasteiger partial charge is 0.383 e. The molecule has 2 atom stereocenters. The van der Waals surface area contributed by atoms with Gasteiger partial charge in [-0.1, -0.05) is 150 Å². The van der Waals surface area contributed by atoms with Gasteiger partial charge in [0, 0.05) is 29.8 Å². The molecule has 0 N–H and O–H groups in total. The topological polar surface area (TPSA) is 36.7 Å². The summed E-state index contributed by atoms with van der Waals surface area (Å²) in [7, 11) is 0. The van der Waals surface area contributed by atoms with Crippen molar-refractivity contribution in [3.05, 3.63) is 196 Å². The van der Waals surface area contributed by atoms with Gasteiger partial charge in [0.25, 0.3) is 0 Å². The fourth-order valence-electron chi connectivity index (χ4n) is 10.2. The number of hydrogen-bond donors (Lipinski definition) is 0. The molecule has 5 nitrogen and oxygen atoms in total. The quantitative estimate of drug-likeness (QED) is 0.161. The van der Waals surface area contributed by atoms with E-state index in [1.54, 1.807) is 0 Å². The van der Waals surface area contributed by atoms with Gasteiger partial charge in [0.15, 0.2) is 0 Å². The minimum absolute atomic E-state index is 0. The van der Waals surface area contributed by atoms with Gasteiger partial charge in [0.2, 0.25) is 0 Å². The van der Waals surface area contributed by atoms with Crippen LogP contribution >= 0.6 is 0 Å². The van der Waals surface area contributed by atoms with Crippen molar-refractivity contribution in [2.75, 3.05) is 4.90 Å². The maximum Gasteiger partial charge on any atom is 2.00 e. The van der Waals surface area contributed by atoms with Gasteiger partial charge in [-0.15, -0.1) is 46.3 Å². The van der Waals surface area contributed by atoms with E-state index in [1.165, 1.54) is 55.3 Å². The average Bonchev–Trinajstić information content (AvgIpc) is 3.92. The number of nitrogens with zero attached hydrogens (tertiary/aromatic N) is 5. The maximum absolute atomic E-state index is 5.63. The van der Waals surface area contributed by atoms with Crippen molar-refractivity contribution in [3.8, 4) is 5.82 Å². The second-order valence-electron chi connectivity index (χ2n) is 19.2. The number of anilines is 3. The number of benzene rings is 6. The number of rotatable bonds is 5. The molecule has 3 aliphatic heterocycles. The van der Waals surface area contributed by atoms with Crippen molar-refractivity contribution in [2.45, 2.75) is 90.8 Å². The van der Waals surface area contributed by atoms with Crippen LogP contribution in [0.3, 0.4) is 0 Å². The summed E-state index contributed by atoms with van der Waals surface area (Å²) < 4.78 is 2.33. The number of aliphatic imine (C=N–C) groups is 1. The van der Waals surface area contributed by atoms with Crippen molar-refractivity contribution in [1.82, 2.24) is 14.5 Å². The fraction of sp³-hybridized carbons (Fsp3) is 0.250. The summed E-state index contributed by atoms with van der Waals surface area (Å²) in [5.41, 5.74) is 16.2. The monoisotopic (exact) mass is 988 g/mol. The Bertz CT molecular complexity index is 3090. The zero-order valence-electron chi connectivity index (χ0n) is 36.7. The maximum atomic E-state index is 5.63. The molecule has 6 heteroatoms. The molecule has 8 aromatic rings. The molecule has 3 aliphatic rings. The second-order valence-corrected chi connectivity index (χ2v) is 19.2. The summed E-state index contributed by atoms with van der Waals surface area (Å²) in [6, 6.07) is 55.2. The zero-order valence-corrected chi connectivity index (χ0v) is 39.0. The predicted molar refractivity (Wildman–Crippen MR) is 251 cm³/mol. The van der Waals surface area contributed by atoms with Crippen molar-refractivity contribution in [1.29, 1.82) is 0 Å². The molecule has 0 spiro atoms. The van der Waals surface area contributed by atoms with E-state index in [9.17, 15) is 0 Å². The van der Waals surface area contributed by atoms with Crippen LogP contribution in [0.2, 0.25) is 0 Å². The minimum atomic E-state index is -0.304. The van der Waals surface area contributed by atoms with E-state index in [2.05, 4.69) is 209 Å². The fourth-order valence-corrected chi connectivity index (χ4v) is 10.2. The van der Waals surface area contributed by atoms with Gasteiger partial charge in [-0.05, 0) is 86.8 Å². The molecule has 0 amide bonds. The Labute approximate surface area is 380 Å². The van der Waals surface area contributed by atoms with E-state index >= 15 is 0 Å². The summed E-state index contributed by atoms with van der Waals surface area (Å²) in [4.78, 5) is 15.6. The average molecular weight is 989 g/mol. The van der Waals surface area contributed by atoms with Gasteiger partial charge < -0.3 is 19.4 Å². The van der Waals surface area contributed by atoms with Crippen molar-refractivity contribution < 1.29 is 21.1 Å². The number of para-hydroxylation sites is 1. The van der Waals surface area contributed by atoms with Crippen molar-refractivity contribution >= 4 is 44.7 Å². The normalized spacial score (nSPS) is 17.5. The molecule has 0 fully saturated rings. The molecule has 310 valence electrons. The molecule has 0 bridgehead atoms. The molecular formula is C56H51N5Pt. The number of aryl methyl sites for hydroxylation is 1. The number of aromatic nitrogens is 2. The molecule has 0 unspecified atom stereocenters. The molecule has 5 heterocycles. The van der Waals surface area contributed by atoms with E-state index in [1.807, 2.05) is 6.20 Å². The van der Waals surface area contributed by atoms with Gasteiger partial charge >= 0.3 is 21.1 Å². The molecule has 0 saturated carbocycles. The molecule has 0 aliphatic carbocycles. The zero-order chi connectivity index (χ0) is 41.9. The first-order chi connectivity index (χ1) is 29.4. The molecule has 11 rings (SSSR count). The van der Waals surface area contributed by atoms with Crippen molar-refractivity contribution in [2.24, 2.45) is 4.99 Å². The molecule has 0 saturated heterocycles. The first-order valence-corrected chi connectivity index (χ1v) is 21.8. The van der Waals surface area contributed by atoms with Crippen LogP contribution in [0, 0.1) is 19.1 Å². The molecule has 2 aromatic heterocycles. The first kappa shape index (κ1) is 40.3. The molecule has 0 radical (unpaired) electrons. The Kier molecular flexibility index (Phi) is 9.54. The largest absolute Gasteiger partial charge is 2.00 e. The Morgan fingerprint density at radius 1 is 0.774 bits per heavy atom. The first-order valence-electron chi connectivity index (χ1n) is 21.8. The van der Waals surface area contributed by atoms with Crippen LogP contribution < -0.4 is 4.90 Å². The minimum Gasteiger partial charge on any atom is -0.383 e. The van der Waals surface area contributed by atoms with E-state index in [0.29, 0.717) is 0 Å². The number of fused-ring (bicyclic) bond motifs is 8. The van der Waals surface area contributed by atoms with Gasteiger partial charge in [-0.25, -0.2) is 4.98 Å². The van der Waals surface area contributed by atoms with Crippen molar-refractivity contribution in [3.63, 3.8) is 0 Å². The summed E-state index contributed by atoms with van der Waals surface area (Å²) in [5, 5.41) is 2.39. The Balaban J connectivity index is 0.00000458. The summed E-state index contributed by atoms with van der Waals surface area (Å²) in [5.74, 6) is 2.18. The third-order valence-corrected chi connectivity index (χ3v) is 13.5. The van der Waals surface area contributed by atoms with Gasteiger partial charge in [-0.3, -0.25) is 0 Å². The number of amidine groups is 1. The predicted octanol–water partition coefficient (Wildman–Crippen LogP) is 13.7.